The molecule has 1 aliphatic carbocycles. The van der Waals surface area contributed by atoms with E-state index in [2.05, 4.69) is 25.4 Å². The van der Waals surface area contributed by atoms with Crippen LogP contribution in [-0.2, 0) is 0 Å². The quantitative estimate of drug-likeness (QED) is 0.839. The van der Waals surface area contributed by atoms with Crippen LogP contribution in [-0.4, -0.2) is 13.6 Å². The molecule has 1 aromatic heterocycles. The van der Waals surface area contributed by atoms with Crippen molar-refractivity contribution in [3.8, 4) is 0 Å². The van der Waals surface area contributed by atoms with E-state index in [0.29, 0.717) is 5.92 Å². The zero-order valence-corrected chi connectivity index (χ0v) is 11.1. The van der Waals surface area contributed by atoms with Gasteiger partial charge in [-0.2, -0.15) is 0 Å². The SMILES string of the molecule is CCCC1CCC(CNC)C(c2ccco2)C1. The van der Waals surface area contributed by atoms with Crippen LogP contribution in [0.3, 0.4) is 0 Å². The van der Waals surface area contributed by atoms with E-state index in [0.717, 1.165) is 18.4 Å². The molecular formula is C15H25NO. The summed E-state index contributed by atoms with van der Waals surface area (Å²) in [5, 5.41) is 3.33. The average Bonchev–Trinajstić information content (AvgIpc) is 2.85. The van der Waals surface area contributed by atoms with Crippen molar-refractivity contribution < 1.29 is 4.42 Å². The first kappa shape index (κ1) is 12.7. The smallest absolute Gasteiger partial charge is 0.107 e. The monoisotopic (exact) mass is 235 g/mol. The summed E-state index contributed by atoms with van der Waals surface area (Å²) in [7, 11) is 2.05. The van der Waals surface area contributed by atoms with Crippen LogP contribution in [0.25, 0.3) is 0 Å². The van der Waals surface area contributed by atoms with Crippen molar-refractivity contribution in [3.05, 3.63) is 24.2 Å². The third kappa shape index (κ3) is 3.12. The van der Waals surface area contributed by atoms with Gasteiger partial charge in [-0.1, -0.05) is 26.2 Å². The van der Waals surface area contributed by atoms with Crippen LogP contribution in [0.15, 0.2) is 22.8 Å². The van der Waals surface area contributed by atoms with Crippen LogP contribution in [0.2, 0.25) is 0 Å². The van der Waals surface area contributed by atoms with Gasteiger partial charge in [-0.25, -0.2) is 0 Å². The number of nitrogens with one attached hydrogen (secondary N) is 1. The predicted octanol–water partition coefficient (Wildman–Crippen LogP) is 3.80. The molecular weight excluding hydrogens is 210 g/mol. The molecule has 0 amide bonds. The minimum atomic E-state index is 0.628. The van der Waals surface area contributed by atoms with Crippen molar-refractivity contribution in [2.45, 2.75) is 44.9 Å². The van der Waals surface area contributed by atoms with Crippen molar-refractivity contribution in [3.63, 3.8) is 0 Å². The van der Waals surface area contributed by atoms with E-state index < -0.39 is 0 Å². The first-order valence-electron chi connectivity index (χ1n) is 7.03. The fraction of sp³-hybridized carbons (Fsp3) is 0.733. The Hall–Kier alpha value is -0.760. The van der Waals surface area contributed by atoms with Gasteiger partial charge < -0.3 is 9.73 Å². The Kier molecular flexibility index (Phi) is 4.66. The molecule has 0 bridgehead atoms. The third-order valence-corrected chi connectivity index (χ3v) is 4.17. The molecule has 1 aliphatic rings. The van der Waals surface area contributed by atoms with Crippen molar-refractivity contribution in [1.82, 2.24) is 5.32 Å². The maximum Gasteiger partial charge on any atom is 0.107 e. The molecule has 3 atom stereocenters. The molecule has 1 N–H and O–H groups in total. The Morgan fingerprint density at radius 2 is 2.29 bits per heavy atom. The molecule has 0 spiro atoms. The van der Waals surface area contributed by atoms with Gasteiger partial charge >= 0.3 is 0 Å². The van der Waals surface area contributed by atoms with Crippen LogP contribution in [0.4, 0.5) is 0 Å². The van der Waals surface area contributed by atoms with E-state index in [1.807, 2.05) is 12.3 Å². The Labute approximate surface area is 105 Å². The number of hydrogen-bond acceptors (Lipinski definition) is 2. The van der Waals surface area contributed by atoms with E-state index in [-0.39, 0.29) is 0 Å². The van der Waals surface area contributed by atoms with E-state index >= 15 is 0 Å². The van der Waals surface area contributed by atoms with Gasteiger partial charge in [0.25, 0.3) is 0 Å². The highest BCUT2D eigenvalue weighted by molar-refractivity contribution is 5.09. The summed E-state index contributed by atoms with van der Waals surface area (Å²) in [4.78, 5) is 0. The maximum atomic E-state index is 5.65. The fourth-order valence-electron chi connectivity index (χ4n) is 3.35. The van der Waals surface area contributed by atoms with Crippen molar-refractivity contribution in [2.24, 2.45) is 11.8 Å². The highest BCUT2D eigenvalue weighted by Crippen LogP contribution is 2.41. The summed E-state index contributed by atoms with van der Waals surface area (Å²) in [6.07, 6.45) is 8.56. The fourth-order valence-corrected chi connectivity index (χ4v) is 3.35. The molecule has 2 heteroatoms. The van der Waals surface area contributed by atoms with Gasteiger partial charge in [0, 0.05) is 5.92 Å². The minimum absolute atomic E-state index is 0.628. The zero-order valence-electron chi connectivity index (χ0n) is 11.1. The summed E-state index contributed by atoms with van der Waals surface area (Å²) in [5.41, 5.74) is 0. The summed E-state index contributed by atoms with van der Waals surface area (Å²) >= 11 is 0. The van der Waals surface area contributed by atoms with E-state index in [9.17, 15) is 0 Å². The molecule has 2 nitrogen and oxygen atoms in total. The molecule has 0 aliphatic heterocycles. The molecule has 2 rings (SSSR count). The maximum absolute atomic E-state index is 5.65. The zero-order chi connectivity index (χ0) is 12.1. The topological polar surface area (TPSA) is 25.2 Å². The lowest BCUT2D eigenvalue weighted by molar-refractivity contribution is 0.203. The lowest BCUT2D eigenvalue weighted by Gasteiger charge is -2.35. The summed E-state index contributed by atoms with van der Waals surface area (Å²) in [6.45, 7) is 3.41. The number of hydrogen-bond donors (Lipinski definition) is 1. The lowest BCUT2D eigenvalue weighted by Crippen LogP contribution is -2.30. The standard InChI is InChI=1S/C15H25NO/c1-3-5-12-7-8-13(11-16-2)14(10-12)15-6-4-9-17-15/h4,6,9,12-14,16H,3,5,7-8,10-11H2,1-2H3. The molecule has 1 fully saturated rings. The highest BCUT2D eigenvalue weighted by atomic mass is 16.3. The second-order valence-corrected chi connectivity index (χ2v) is 5.41. The predicted molar refractivity (Wildman–Crippen MR) is 71.1 cm³/mol. The molecule has 1 aromatic rings. The lowest BCUT2D eigenvalue weighted by atomic mass is 9.71. The highest BCUT2D eigenvalue weighted by Gasteiger charge is 2.32. The Morgan fingerprint density at radius 1 is 1.41 bits per heavy atom. The van der Waals surface area contributed by atoms with E-state index in [4.69, 9.17) is 4.42 Å². The van der Waals surface area contributed by atoms with Crippen LogP contribution >= 0.6 is 0 Å². The van der Waals surface area contributed by atoms with Crippen LogP contribution in [0.5, 0.6) is 0 Å². The Morgan fingerprint density at radius 3 is 2.94 bits per heavy atom. The normalized spacial score (nSPS) is 29.4. The van der Waals surface area contributed by atoms with Gasteiger partial charge in [0.05, 0.1) is 6.26 Å². The van der Waals surface area contributed by atoms with Crippen LogP contribution < -0.4 is 5.32 Å². The second kappa shape index (κ2) is 6.25. The van der Waals surface area contributed by atoms with Crippen LogP contribution in [0, 0.1) is 11.8 Å². The summed E-state index contributed by atoms with van der Waals surface area (Å²) < 4.78 is 5.65. The summed E-state index contributed by atoms with van der Waals surface area (Å²) in [6, 6.07) is 4.18. The number of rotatable bonds is 5. The summed E-state index contributed by atoms with van der Waals surface area (Å²) in [5.74, 6) is 3.48. The van der Waals surface area contributed by atoms with Gasteiger partial charge in [-0.15, -0.1) is 0 Å². The molecule has 1 heterocycles. The average molecular weight is 235 g/mol. The van der Waals surface area contributed by atoms with E-state index in [1.54, 1.807) is 0 Å². The molecule has 17 heavy (non-hydrogen) atoms. The molecule has 0 saturated heterocycles. The van der Waals surface area contributed by atoms with Gasteiger partial charge in [-0.05, 0) is 50.4 Å². The number of furan rings is 1. The molecule has 96 valence electrons. The van der Waals surface area contributed by atoms with Gasteiger partial charge in [-0.3, -0.25) is 0 Å². The van der Waals surface area contributed by atoms with Gasteiger partial charge in [0.2, 0.25) is 0 Å². The first-order chi connectivity index (χ1) is 8.35. The first-order valence-corrected chi connectivity index (χ1v) is 7.03. The third-order valence-electron chi connectivity index (χ3n) is 4.17. The molecule has 3 unspecified atom stereocenters. The Balaban J connectivity index is 2.04. The largest absolute Gasteiger partial charge is 0.469 e. The molecule has 0 radical (unpaired) electrons. The van der Waals surface area contributed by atoms with Gasteiger partial charge in [0.15, 0.2) is 0 Å². The van der Waals surface area contributed by atoms with Crippen LogP contribution in [0.1, 0.15) is 50.7 Å². The van der Waals surface area contributed by atoms with Crippen molar-refractivity contribution >= 4 is 0 Å². The van der Waals surface area contributed by atoms with Crippen molar-refractivity contribution in [1.29, 1.82) is 0 Å². The van der Waals surface area contributed by atoms with Gasteiger partial charge in [0.1, 0.15) is 5.76 Å². The molecule has 1 saturated carbocycles. The van der Waals surface area contributed by atoms with E-state index in [1.165, 1.54) is 37.9 Å². The minimum Gasteiger partial charge on any atom is -0.469 e. The van der Waals surface area contributed by atoms with Crippen molar-refractivity contribution in [2.75, 3.05) is 13.6 Å². The second-order valence-electron chi connectivity index (χ2n) is 5.41. The Bertz CT molecular complexity index is 307. The molecule has 0 aromatic carbocycles.